The number of rotatable bonds is 5. The zero-order valence-electron chi connectivity index (χ0n) is 22.9. The molecule has 0 radical (unpaired) electrons. The summed E-state index contributed by atoms with van der Waals surface area (Å²) in [5.74, 6) is -0.430. The van der Waals surface area contributed by atoms with Crippen LogP contribution in [-0.2, 0) is 9.53 Å². The molecule has 0 aliphatic carbocycles. The number of nitrogens with one attached hydrogen (secondary N) is 2. The maximum absolute atomic E-state index is 13.3. The van der Waals surface area contributed by atoms with Crippen LogP contribution in [0.15, 0.2) is 29.5 Å². The maximum atomic E-state index is 13.3. The minimum absolute atomic E-state index is 0.0226. The van der Waals surface area contributed by atoms with Crippen LogP contribution in [0.25, 0.3) is 0 Å². The van der Waals surface area contributed by atoms with Gasteiger partial charge in [0.25, 0.3) is 0 Å². The van der Waals surface area contributed by atoms with Gasteiger partial charge in [0.15, 0.2) is 0 Å². The Morgan fingerprint density at radius 3 is 2.47 bits per heavy atom. The maximum Gasteiger partial charge on any atom is 0.338 e. The van der Waals surface area contributed by atoms with E-state index in [9.17, 15) is 14.4 Å². The molecule has 36 heavy (non-hydrogen) atoms. The third-order valence-corrected chi connectivity index (χ3v) is 6.64. The van der Waals surface area contributed by atoms with E-state index in [1.165, 1.54) is 4.90 Å². The molecule has 9 nitrogen and oxygen atoms in total. The molecule has 2 aliphatic heterocycles. The molecule has 198 valence electrons. The quantitative estimate of drug-likeness (QED) is 0.606. The SMILES string of the molecule is CCOC(=O)C1=C(CN2CCN(C(=O)NC(C)(C)C)[C@@H](C)C2)N(C)C(=O)N[C@H]1c1ccc(C)cc1C. The minimum atomic E-state index is -0.598. The topological polar surface area (TPSA) is 94.2 Å². The van der Waals surface area contributed by atoms with Gasteiger partial charge >= 0.3 is 18.0 Å². The third kappa shape index (κ3) is 6.19. The molecule has 2 atom stereocenters. The van der Waals surface area contributed by atoms with Crippen LogP contribution < -0.4 is 10.6 Å². The van der Waals surface area contributed by atoms with Crippen molar-refractivity contribution in [2.75, 3.05) is 39.8 Å². The second-order valence-corrected chi connectivity index (χ2v) is 10.8. The first kappa shape index (κ1) is 27.5. The van der Waals surface area contributed by atoms with Crippen molar-refractivity contribution in [3.63, 3.8) is 0 Å². The number of likely N-dealkylation sites (N-methyl/N-ethyl adjacent to an activating group) is 1. The Kier molecular flexibility index (Phi) is 8.33. The number of urea groups is 2. The van der Waals surface area contributed by atoms with Gasteiger partial charge in [-0.05, 0) is 59.6 Å². The molecule has 4 amide bonds. The molecule has 0 spiro atoms. The molecule has 1 aromatic rings. The molecule has 0 bridgehead atoms. The predicted octanol–water partition coefficient (Wildman–Crippen LogP) is 3.33. The van der Waals surface area contributed by atoms with Crippen molar-refractivity contribution in [3.05, 3.63) is 46.2 Å². The van der Waals surface area contributed by atoms with Gasteiger partial charge in [0.1, 0.15) is 0 Å². The summed E-state index contributed by atoms with van der Waals surface area (Å²) in [5, 5.41) is 6.03. The molecule has 1 fully saturated rings. The summed E-state index contributed by atoms with van der Waals surface area (Å²) in [6.07, 6.45) is 0. The highest BCUT2D eigenvalue weighted by atomic mass is 16.5. The van der Waals surface area contributed by atoms with Crippen LogP contribution in [0.4, 0.5) is 9.59 Å². The largest absolute Gasteiger partial charge is 0.463 e. The highest BCUT2D eigenvalue weighted by Gasteiger charge is 2.39. The van der Waals surface area contributed by atoms with E-state index in [1.54, 1.807) is 14.0 Å². The second-order valence-electron chi connectivity index (χ2n) is 10.8. The molecular weight excluding hydrogens is 458 g/mol. The van der Waals surface area contributed by atoms with E-state index in [0.29, 0.717) is 37.4 Å². The molecule has 1 saturated heterocycles. The van der Waals surface area contributed by atoms with Crippen molar-refractivity contribution in [1.29, 1.82) is 0 Å². The number of hydrogen-bond donors (Lipinski definition) is 2. The van der Waals surface area contributed by atoms with Gasteiger partial charge in [-0.15, -0.1) is 0 Å². The molecule has 2 heterocycles. The smallest absolute Gasteiger partial charge is 0.338 e. The molecule has 9 heteroatoms. The van der Waals surface area contributed by atoms with E-state index >= 15 is 0 Å². The molecule has 0 unspecified atom stereocenters. The molecule has 3 rings (SSSR count). The van der Waals surface area contributed by atoms with E-state index in [0.717, 1.165) is 16.7 Å². The van der Waals surface area contributed by atoms with Gasteiger partial charge < -0.3 is 20.3 Å². The number of carbonyl (C=O) groups is 3. The van der Waals surface area contributed by atoms with Crippen molar-refractivity contribution in [3.8, 4) is 0 Å². The van der Waals surface area contributed by atoms with Crippen LogP contribution in [0.5, 0.6) is 0 Å². The number of nitrogens with zero attached hydrogens (tertiary/aromatic N) is 3. The Morgan fingerprint density at radius 1 is 1.19 bits per heavy atom. The number of esters is 1. The first-order valence-electron chi connectivity index (χ1n) is 12.6. The van der Waals surface area contributed by atoms with Gasteiger partial charge in [0.2, 0.25) is 0 Å². The molecule has 2 N–H and O–H groups in total. The van der Waals surface area contributed by atoms with Crippen LogP contribution in [0.2, 0.25) is 0 Å². The fraction of sp³-hybridized carbons (Fsp3) is 0.593. The number of ether oxygens (including phenoxy) is 1. The zero-order valence-corrected chi connectivity index (χ0v) is 22.9. The zero-order chi connectivity index (χ0) is 26.8. The fourth-order valence-electron chi connectivity index (χ4n) is 4.86. The van der Waals surface area contributed by atoms with Crippen molar-refractivity contribution in [2.24, 2.45) is 0 Å². The minimum Gasteiger partial charge on any atom is -0.463 e. The number of benzene rings is 1. The average Bonchev–Trinajstić information content (AvgIpc) is 2.75. The summed E-state index contributed by atoms with van der Waals surface area (Å²) in [4.78, 5) is 44.6. The Hall–Kier alpha value is -3.07. The van der Waals surface area contributed by atoms with Crippen molar-refractivity contribution in [2.45, 2.75) is 66.1 Å². The highest BCUT2D eigenvalue weighted by Crippen LogP contribution is 2.33. The number of aryl methyl sites for hydroxylation is 2. The summed E-state index contributed by atoms with van der Waals surface area (Å²) in [5.41, 5.74) is 3.75. The number of hydrogen-bond acceptors (Lipinski definition) is 5. The summed E-state index contributed by atoms with van der Waals surface area (Å²) >= 11 is 0. The fourth-order valence-corrected chi connectivity index (χ4v) is 4.86. The molecule has 0 aromatic heterocycles. The van der Waals surface area contributed by atoms with E-state index in [2.05, 4.69) is 15.5 Å². The Morgan fingerprint density at radius 2 is 1.89 bits per heavy atom. The van der Waals surface area contributed by atoms with Gasteiger partial charge in [-0.25, -0.2) is 14.4 Å². The number of piperazine rings is 1. The average molecular weight is 500 g/mol. The van der Waals surface area contributed by atoms with Crippen molar-refractivity contribution < 1.29 is 19.1 Å². The van der Waals surface area contributed by atoms with Gasteiger partial charge in [0.05, 0.1) is 18.2 Å². The van der Waals surface area contributed by atoms with Gasteiger partial charge in [-0.3, -0.25) is 9.80 Å². The van der Waals surface area contributed by atoms with Crippen LogP contribution in [0.3, 0.4) is 0 Å². The number of amides is 4. The first-order chi connectivity index (χ1) is 16.8. The predicted molar refractivity (Wildman–Crippen MR) is 140 cm³/mol. The van der Waals surface area contributed by atoms with E-state index in [1.807, 2.05) is 64.6 Å². The Bertz CT molecular complexity index is 1050. The normalized spacial score (nSPS) is 21.4. The van der Waals surface area contributed by atoms with E-state index in [-0.39, 0.29) is 30.2 Å². The lowest BCUT2D eigenvalue weighted by Gasteiger charge is -2.43. The van der Waals surface area contributed by atoms with Crippen LogP contribution in [0.1, 0.15) is 57.4 Å². The molecule has 0 saturated carbocycles. The lowest BCUT2D eigenvalue weighted by Crippen LogP contribution is -2.59. The van der Waals surface area contributed by atoms with E-state index in [4.69, 9.17) is 4.74 Å². The highest BCUT2D eigenvalue weighted by molar-refractivity contribution is 5.95. The first-order valence-corrected chi connectivity index (χ1v) is 12.6. The lowest BCUT2D eigenvalue weighted by atomic mass is 9.90. The molecule has 2 aliphatic rings. The summed E-state index contributed by atoms with van der Waals surface area (Å²) in [6.45, 7) is 16.1. The van der Waals surface area contributed by atoms with Crippen LogP contribution in [0, 0.1) is 13.8 Å². The summed E-state index contributed by atoms with van der Waals surface area (Å²) < 4.78 is 5.46. The summed E-state index contributed by atoms with van der Waals surface area (Å²) in [6, 6.07) is 5.03. The van der Waals surface area contributed by atoms with Crippen LogP contribution in [-0.4, -0.2) is 84.1 Å². The second kappa shape index (κ2) is 10.9. The monoisotopic (exact) mass is 499 g/mol. The summed E-state index contributed by atoms with van der Waals surface area (Å²) in [7, 11) is 1.68. The van der Waals surface area contributed by atoms with Crippen molar-refractivity contribution in [1.82, 2.24) is 25.3 Å². The lowest BCUT2D eigenvalue weighted by molar-refractivity contribution is -0.139. The Labute approximate surface area is 214 Å². The molecule has 1 aromatic carbocycles. The van der Waals surface area contributed by atoms with Crippen LogP contribution >= 0.6 is 0 Å². The van der Waals surface area contributed by atoms with Crippen molar-refractivity contribution >= 4 is 18.0 Å². The van der Waals surface area contributed by atoms with Gasteiger partial charge in [-0.1, -0.05) is 23.8 Å². The number of carbonyl (C=O) groups excluding carboxylic acids is 3. The van der Waals surface area contributed by atoms with Gasteiger partial charge in [-0.2, -0.15) is 0 Å². The van der Waals surface area contributed by atoms with E-state index < -0.39 is 12.0 Å². The Balaban J connectivity index is 1.92. The standard InChI is InChI=1S/C27H41N5O4/c1-9-36-24(33)22-21(16-31-12-13-32(19(4)15-31)26(35)29-27(5,6)7)30(8)25(34)28-23(22)20-11-10-17(2)14-18(20)3/h10-11,14,19,23H,9,12-13,15-16H2,1-8H3,(H,28,34)(H,29,35)/t19-,23-/m0/s1. The molecular formula is C27H41N5O4. The third-order valence-electron chi connectivity index (χ3n) is 6.64. The van der Waals surface area contributed by atoms with Gasteiger partial charge in [0, 0.05) is 50.5 Å².